The van der Waals surface area contributed by atoms with E-state index in [-0.39, 0.29) is 17.9 Å². The van der Waals surface area contributed by atoms with Crippen LogP contribution in [0.3, 0.4) is 0 Å². The van der Waals surface area contributed by atoms with Gasteiger partial charge in [0.15, 0.2) is 0 Å². The van der Waals surface area contributed by atoms with Gasteiger partial charge < -0.3 is 11.1 Å². The Bertz CT molecular complexity index is 467. The molecule has 2 atom stereocenters. The predicted octanol–water partition coefficient (Wildman–Crippen LogP) is 1.85. The number of rotatable bonds is 8. The van der Waals surface area contributed by atoms with Crippen molar-refractivity contribution in [1.29, 1.82) is 0 Å². The minimum atomic E-state index is -0.0673. The highest BCUT2D eigenvalue weighted by atomic mass is 16.1. The number of unbranched alkanes of at least 4 members (excludes halogenated alkanes) is 1. The third kappa shape index (κ3) is 4.84. The first kappa shape index (κ1) is 17.7. The van der Waals surface area contributed by atoms with Gasteiger partial charge in [-0.3, -0.25) is 9.48 Å². The topological polar surface area (TPSA) is 72.9 Å². The minimum Gasteiger partial charge on any atom is -0.352 e. The number of amides is 1. The van der Waals surface area contributed by atoms with E-state index < -0.39 is 0 Å². The smallest absolute Gasteiger partial charge is 0.223 e. The Morgan fingerprint density at radius 2 is 2.10 bits per heavy atom. The van der Waals surface area contributed by atoms with Crippen molar-refractivity contribution in [1.82, 2.24) is 15.1 Å². The molecule has 5 nitrogen and oxygen atoms in total. The summed E-state index contributed by atoms with van der Waals surface area (Å²) in [7, 11) is 1.94. The Morgan fingerprint density at radius 3 is 2.57 bits per heavy atom. The first-order chi connectivity index (χ1) is 9.90. The van der Waals surface area contributed by atoms with Gasteiger partial charge >= 0.3 is 0 Å². The summed E-state index contributed by atoms with van der Waals surface area (Å²) >= 11 is 0. The van der Waals surface area contributed by atoms with Crippen molar-refractivity contribution >= 4 is 5.91 Å². The summed E-state index contributed by atoms with van der Waals surface area (Å²) in [5.74, 6) is 0.0199. The first-order valence-corrected chi connectivity index (χ1v) is 7.90. The summed E-state index contributed by atoms with van der Waals surface area (Å²) in [5, 5.41) is 7.48. The molecule has 0 radical (unpaired) electrons. The summed E-state index contributed by atoms with van der Waals surface area (Å²) in [5.41, 5.74) is 9.06. The molecule has 1 heterocycles. The number of carbonyl (C=O) groups is 1. The van der Waals surface area contributed by atoms with Gasteiger partial charge in [-0.25, -0.2) is 0 Å². The summed E-state index contributed by atoms with van der Waals surface area (Å²) in [4.78, 5) is 12.3. The lowest BCUT2D eigenvalue weighted by Gasteiger charge is -2.19. The molecule has 5 heteroatoms. The molecule has 1 amide bonds. The number of nitrogens with one attached hydrogen (secondary N) is 1. The highest BCUT2D eigenvalue weighted by Crippen LogP contribution is 2.17. The zero-order valence-electron chi connectivity index (χ0n) is 14.1. The molecule has 1 rings (SSSR count). The Labute approximate surface area is 128 Å². The highest BCUT2D eigenvalue weighted by Gasteiger charge is 2.20. The van der Waals surface area contributed by atoms with Crippen LogP contribution in [0, 0.1) is 19.8 Å². The molecule has 0 aliphatic carbocycles. The number of aromatic nitrogens is 2. The number of hydrogen-bond donors (Lipinski definition) is 2. The number of aryl methyl sites for hydroxylation is 2. The van der Waals surface area contributed by atoms with Crippen molar-refractivity contribution in [3.05, 3.63) is 17.0 Å². The first-order valence-electron chi connectivity index (χ1n) is 7.90. The van der Waals surface area contributed by atoms with E-state index in [0.29, 0.717) is 6.54 Å². The van der Waals surface area contributed by atoms with Crippen molar-refractivity contribution in [3.63, 3.8) is 0 Å². The minimum absolute atomic E-state index is 0.0673. The third-order valence-electron chi connectivity index (χ3n) is 4.15. The van der Waals surface area contributed by atoms with Gasteiger partial charge in [0.25, 0.3) is 0 Å². The van der Waals surface area contributed by atoms with Crippen LogP contribution in [0.1, 0.15) is 50.1 Å². The van der Waals surface area contributed by atoms with Crippen molar-refractivity contribution in [2.45, 2.75) is 59.4 Å². The molecular formula is C16H30N4O. The zero-order chi connectivity index (χ0) is 16.0. The fourth-order valence-electron chi connectivity index (χ4n) is 2.55. The Morgan fingerprint density at radius 1 is 1.43 bits per heavy atom. The van der Waals surface area contributed by atoms with Crippen LogP contribution in [0.15, 0.2) is 0 Å². The summed E-state index contributed by atoms with van der Waals surface area (Å²) < 4.78 is 1.87. The molecule has 1 aromatic rings. The van der Waals surface area contributed by atoms with Crippen molar-refractivity contribution in [2.24, 2.45) is 18.7 Å². The van der Waals surface area contributed by atoms with Crippen LogP contribution >= 0.6 is 0 Å². The molecule has 21 heavy (non-hydrogen) atoms. The monoisotopic (exact) mass is 294 g/mol. The van der Waals surface area contributed by atoms with E-state index in [1.54, 1.807) is 0 Å². The molecule has 0 saturated carbocycles. The fraction of sp³-hybridized carbons (Fsp3) is 0.750. The second-order valence-corrected chi connectivity index (χ2v) is 5.96. The standard InChI is InChI=1S/C16H30N4O/c1-6-7-8-14(10-17)18-16(21)11(2)9-15-12(3)19-20(5)13(15)4/h11,14H,6-10,17H2,1-5H3,(H,18,21). The highest BCUT2D eigenvalue weighted by molar-refractivity contribution is 5.79. The van der Waals surface area contributed by atoms with Gasteiger partial charge in [-0.2, -0.15) is 5.10 Å². The van der Waals surface area contributed by atoms with Gasteiger partial charge in [0.05, 0.1) is 5.69 Å². The average Bonchev–Trinajstić information content (AvgIpc) is 2.69. The molecule has 0 fully saturated rings. The third-order valence-corrected chi connectivity index (χ3v) is 4.15. The Balaban J connectivity index is 2.61. The van der Waals surface area contributed by atoms with E-state index in [1.165, 1.54) is 5.56 Å². The van der Waals surface area contributed by atoms with Crippen molar-refractivity contribution < 1.29 is 4.79 Å². The number of nitrogens with two attached hydrogens (primary N) is 1. The lowest BCUT2D eigenvalue weighted by atomic mass is 9.98. The van der Waals surface area contributed by atoms with Crippen LogP contribution < -0.4 is 11.1 Å². The molecule has 0 spiro atoms. The molecule has 120 valence electrons. The number of nitrogens with zero attached hydrogens (tertiary/aromatic N) is 2. The molecular weight excluding hydrogens is 264 g/mol. The van der Waals surface area contributed by atoms with E-state index in [2.05, 4.69) is 17.3 Å². The van der Waals surface area contributed by atoms with Crippen LogP contribution in [0.2, 0.25) is 0 Å². The number of carbonyl (C=O) groups excluding carboxylic acids is 1. The lowest BCUT2D eigenvalue weighted by Crippen LogP contribution is -2.43. The summed E-state index contributed by atoms with van der Waals surface area (Å²) in [6.45, 7) is 8.66. The molecule has 2 unspecified atom stereocenters. The maximum absolute atomic E-state index is 12.3. The molecule has 0 aliphatic rings. The molecule has 0 aliphatic heterocycles. The van der Waals surface area contributed by atoms with Crippen LogP contribution in [-0.2, 0) is 18.3 Å². The average molecular weight is 294 g/mol. The molecule has 0 saturated heterocycles. The largest absolute Gasteiger partial charge is 0.352 e. The van der Waals surface area contributed by atoms with Gasteiger partial charge in [-0.1, -0.05) is 26.7 Å². The molecule has 0 bridgehead atoms. The number of hydrogen-bond acceptors (Lipinski definition) is 3. The van der Waals surface area contributed by atoms with E-state index in [9.17, 15) is 4.79 Å². The summed E-state index contributed by atoms with van der Waals surface area (Å²) in [6.07, 6.45) is 3.90. The van der Waals surface area contributed by atoms with Crippen LogP contribution in [0.25, 0.3) is 0 Å². The van der Waals surface area contributed by atoms with Crippen molar-refractivity contribution in [2.75, 3.05) is 6.54 Å². The fourth-order valence-corrected chi connectivity index (χ4v) is 2.55. The quantitative estimate of drug-likeness (QED) is 0.768. The SMILES string of the molecule is CCCCC(CN)NC(=O)C(C)Cc1c(C)nn(C)c1C. The van der Waals surface area contributed by atoms with Crippen molar-refractivity contribution in [3.8, 4) is 0 Å². The van der Waals surface area contributed by atoms with Gasteiger partial charge in [-0.05, 0) is 32.3 Å². The van der Waals surface area contributed by atoms with E-state index in [4.69, 9.17) is 5.73 Å². The summed E-state index contributed by atoms with van der Waals surface area (Å²) in [6, 6.07) is 0.0935. The lowest BCUT2D eigenvalue weighted by molar-refractivity contribution is -0.125. The normalized spacial score (nSPS) is 14.0. The van der Waals surface area contributed by atoms with E-state index >= 15 is 0 Å². The Kier molecular flexibility index (Phi) is 6.89. The molecule has 0 aromatic carbocycles. The predicted molar refractivity (Wildman–Crippen MR) is 86.1 cm³/mol. The van der Waals surface area contributed by atoms with Gasteiger partial charge in [0.1, 0.15) is 0 Å². The maximum Gasteiger partial charge on any atom is 0.223 e. The molecule has 1 aromatic heterocycles. The molecule has 3 N–H and O–H groups in total. The van der Waals surface area contributed by atoms with Gasteiger partial charge in [-0.15, -0.1) is 0 Å². The Hall–Kier alpha value is -1.36. The van der Waals surface area contributed by atoms with Gasteiger partial charge in [0, 0.05) is 31.2 Å². The van der Waals surface area contributed by atoms with E-state index in [0.717, 1.165) is 37.1 Å². The van der Waals surface area contributed by atoms with Crippen LogP contribution in [0.5, 0.6) is 0 Å². The van der Waals surface area contributed by atoms with E-state index in [1.807, 2.05) is 32.5 Å². The zero-order valence-corrected chi connectivity index (χ0v) is 14.1. The second-order valence-electron chi connectivity index (χ2n) is 5.96. The maximum atomic E-state index is 12.3. The second kappa shape index (κ2) is 8.17. The van der Waals surface area contributed by atoms with Gasteiger partial charge in [0.2, 0.25) is 5.91 Å². The van der Waals surface area contributed by atoms with Crippen LogP contribution in [-0.4, -0.2) is 28.3 Å². The van der Waals surface area contributed by atoms with Crippen LogP contribution in [0.4, 0.5) is 0 Å².